The zero-order valence-corrected chi connectivity index (χ0v) is 16.3. The van der Waals surface area contributed by atoms with Crippen LogP contribution in [0.4, 0.5) is 4.79 Å². The molecule has 1 saturated carbocycles. The molecule has 0 saturated heterocycles. The summed E-state index contributed by atoms with van der Waals surface area (Å²) in [5.41, 5.74) is 3.22. The molecule has 2 N–H and O–H groups in total. The second-order valence-corrected chi connectivity index (χ2v) is 7.09. The first-order valence-electron chi connectivity index (χ1n) is 9.39. The second kappa shape index (κ2) is 8.29. The van der Waals surface area contributed by atoms with Crippen molar-refractivity contribution in [2.24, 2.45) is 0 Å². The summed E-state index contributed by atoms with van der Waals surface area (Å²) >= 11 is 0. The van der Waals surface area contributed by atoms with E-state index in [1.807, 2.05) is 44.2 Å². The Morgan fingerprint density at radius 2 is 1.86 bits per heavy atom. The van der Waals surface area contributed by atoms with Crippen LogP contribution in [0.2, 0.25) is 0 Å². The molecule has 3 rings (SSSR count). The van der Waals surface area contributed by atoms with Crippen molar-refractivity contribution in [2.75, 3.05) is 0 Å². The number of carbonyl (C=O) groups excluding carboxylic acids is 3. The van der Waals surface area contributed by atoms with E-state index in [1.54, 1.807) is 6.07 Å². The molecule has 1 aromatic heterocycles. The summed E-state index contributed by atoms with van der Waals surface area (Å²) in [6.07, 6.45) is 1.14. The fourth-order valence-electron chi connectivity index (χ4n) is 3.19. The second-order valence-electron chi connectivity index (χ2n) is 7.09. The number of nitrogens with one attached hydrogen (secondary N) is 2. The summed E-state index contributed by atoms with van der Waals surface area (Å²) < 4.78 is 7.40. The van der Waals surface area contributed by atoms with Crippen molar-refractivity contribution in [3.05, 3.63) is 58.9 Å². The summed E-state index contributed by atoms with van der Waals surface area (Å²) in [6.45, 7) is 5.57. The zero-order chi connectivity index (χ0) is 20.3. The number of aromatic nitrogens is 1. The Morgan fingerprint density at radius 1 is 1.18 bits per heavy atom. The van der Waals surface area contributed by atoms with E-state index in [0.29, 0.717) is 18.2 Å². The lowest BCUT2D eigenvalue weighted by atomic mass is 10.2. The maximum absolute atomic E-state index is 12.5. The summed E-state index contributed by atoms with van der Waals surface area (Å²) in [5, 5.41) is 4.79. The molecule has 0 bridgehead atoms. The predicted molar refractivity (Wildman–Crippen MR) is 104 cm³/mol. The van der Waals surface area contributed by atoms with Crippen LogP contribution in [0.25, 0.3) is 0 Å². The summed E-state index contributed by atoms with van der Waals surface area (Å²) in [5.74, 6) is -1.23. The van der Waals surface area contributed by atoms with Gasteiger partial charge in [0.05, 0.1) is 5.56 Å². The van der Waals surface area contributed by atoms with Gasteiger partial charge in [0.25, 0.3) is 5.91 Å². The number of aryl methyl sites for hydroxylation is 1. The molecular weight excluding hydrogens is 358 g/mol. The fourth-order valence-corrected chi connectivity index (χ4v) is 3.19. The first-order chi connectivity index (χ1) is 13.4. The van der Waals surface area contributed by atoms with Gasteiger partial charge in [-0.05, 0) is 45.2 Å². The van der Waals surface area contributed by atoms with Gasteiger partial charge in [0.15, 0.2) is 6.10 Å². The minimum Gasteiger partial charge on any atom is -0.449 e. The molecule has 28 heavy (non-hydrogen) atoms. The topological polar surface area (TPSA) is 89.4 Å². The number of hydrogen-bond donors (Lipinski definition) is 2. The number of imide groups is 1. The number of hydrogen-bond acceptors (Lipinski definition) is 4. The SMILES string of the molecule is Cc1cc(C(=O)O[C@H](C)C(=O)NC(=O)NCc2ccccc2)c(C)n1C1CC1. The molecule has 1 heterocycles. The van der Waals surface area contributed by atoms with E-state index in [9.17, 15) is 14.4 Å². The van der Waals surface area contributed by atoms with Crippen LogP contribution < -0.4 is 10.6 Å². The quantitative estimate of drug-likeness (QED) is 0.751. The van der Waals surface area contributed by atoms with Crippen LogP contribution in [0.15, 0.2) is 36.4 Å². The Labute approximate surface area is 164 Å². The first-order valence-corrected chi connectivity index (χ1v) is 9.39. The highest BCUT2D eigenvalue weighted by Gasteiger charge is 2.30. The van der Waals surface area contributed by atoms with E-state index < -0.39 is 24.0 Å². The standard InChI is InChI=1S/C21H25N3O4/c1-13-11-18(14(2)24(13)17-9-10-17)20(26)28-15(3)19(25)23-21(27)22-12-16-7-5-4-6-8-16/h4-8,11,15,17H,9-10,12H2,1-3H3,(H2,22,23,25,27)/t15-/m1/s1. The Kier molecular flexibility index (Phi) is 5.82. The van der Waals surface area contributed by atoms with Crippen LogP contribution in [0, 0.1) is 13.8 Å². The van der Waals surface area contributed by atoms with Crippen molar-refractivity contribution in [1.82, 2.24) is 15.2 Å². The van der Waals surface area contributed by atoms with Gasteiger partial charge < -0.3 is 14.6 Å². The number of amides is 3. The number of carbonyl (C=O) groups is 3. The van der Waals surface area contributed by atoms with Crippen LogP contribution >= 0.6 is 0 Å². The van der Waals surface area contributed by atoms with Gasteiger partial charge in [-0.2, -0.15) is 0 Å². The number of nitrogens with zero attached hydrogens (tertiary/aromatic N) is 1. The molecule has 0 unspecified atom stereocenters. The van der Waals surface area contributed by atoms with Crippen LogP contribution in [0.1, 0.15) is 53.1 Å². The van der Waals surface area contributed by atoms with Crippen molar-refractivity contribution >= 4 is 17.9 Å². The fraction of sp³-hybridized carbons (Fsp3) is 0.381. The summed E-state index contributed by atoms with van der Waals surface area (Å²) in [7, 11) is 0. The lowest BCUT2D eigenvalue weighted by Crippen LogP contribution is -2.44. The maximum Gasteiger partial charge on any atom is 0.340 e. The molecular formula is C21H25N3O4. The van der Waals surface area contributed by atoms with Crippen molar-refractivity contribution < 1.29 is 19.1 Å². The molecule has 0 spiro atoms. The molecule has 1 fully saturated rings. The van der Waals surface area contributed by atoms with Crippen molar-refractivity contribution in [3.63, 3.8) is 0 Å². The van der Waals surface area contributed by atoms with E-state index in [-0.39, 0.29) is 0 Å². The van der Waals surface area contributed by atoms with Gasteiger partial charge in [0.2, 0.25) is 0 Å². The van der Waals surface area contributed by atoms with Crippen LogP contribution in [0.3, 0.4) is 0 Å². The molecule has 2 aromatic rings. The van der Waals surface area contributed by atoms with Gasteiger partial charge in [-0.3, -0.25) is 10.1 Å². The number of urea groups is 1. The zero-order valence-electron chi connectivity index (χ0n) is 16.3. The van der Waals surface area contributed by atoms with Gasteiger partial charge in [-0.25, -0.2) is 9.59 Å². The Bertz CT molecular complexity index is 885. The molecule has 1 aliphatic rings. The van der Waals surface area contributed by atoms with E-state index in [1.165, 1.54) is 6.92 Å². The van der Waals surface area contributed by atoms with E-state index >= 15 is 0 Å². The molecule has 1 aliphatic carbocycles. The maximum atomic E-state index is 12.5. The normalized spacial score (nSPS) is 14.2. The Hall–Kier alpha value is -3.09. The van der Waals surface area contributed by atoms with Gasteiger partial charge in [-0.15, -0.1) is 0 Å². The molecule has 7 nitrogen and oxygen atoms in total. The number of rotatable bonds is 6. The summed E-state index contributed by atoms with van der Waals surface area (Å²) in [6, 6.07) is 10.9. The van der Waals surface area contributed by atoms with Crippen molar-refractivity contribution in [1.29, 1.82) is 0 Å². The van der Waals surface area contributed by atoms with E-state index in [2.05, 4.69) is 15.2 Å². The molecule has 1 aromatic carbocycles. The van der Waals surface area contributed by atoms with Crippen LogP contribution in [0.5, 0.6) is 0 Å². The molecule has 148 valence electrons. The van der Waals surface area contributed by atoms with E-state index in [4.69, 9.17) is 4.74 Å². The Morgan fingerprint density at radius 3 is 2.50 bits per heavy atom. The van der Waals surface area contributed by atoms with Crippen LogP contribution in [-0.4, -0.2) is 28.6 Å². The third-order valence-electron chi connectivity index (χ3n) is 4.80. The summed E-state index contributed by atoms with van der Waals surface area (Å²) in [4.78, 5) is 36.5. The first kappa shape index (κ1) is 19.7. The molecule has 0 radical (unpaired) electrons. The lowest BCUT2D eigenvalue weighted by molar-refractivity contribution is -0.127. The third-order valence-corrected chi connectivity index (χ3v) is 4.80. The van der Waals surface area contributed by atoms with Gasteiger partial charge in [-0.1, -0.05) is 30.3 Å². The van der Waals surface area contributed by atoms with Crippen LogP contribution in [-0.2, 0) is 16.1 Å². The Balaban J connectivity index is 1.51. The average molecular weight is 383 g/mol. The highest BCUT2D eigenvalue weighted by atomic mass is 16.5. The highest BCUT2D eigenvalue weighted by molar-refractivity contribution is 5.98. The molecule has 7 heteroatoms. The van der Waals surface area contributed by atoms with Gasteiger partial charge in [0.1, 0.15) is 0 Å². The average Bonchev–Trinajstić information content (AvgIpc) is 3.45. The predicted octanol–water partition coefficient (Wildman–Crippen LogP) is 3.01. The third kappa shape index (κ3) is 4.60. The van der Waals surface area contributed by atoms with Gasteiger partial charge >= 0.3 is 12.0 Å². The van der Waals surface area contributed by atoms with Crippen molar-refractivity contribution in [2.45, 2.75) is 52.3 Å². The molecule has 1 atom stereocenters. The minimum absolute atomic E-state index is 0.293. The number of ether oxygens (including phenoxy) is 1. The molecule has 3 amide bonds. The smallest absolute Gasteiger partial charge is 0.340 e. The largest absolute Gasteiger partial charge is 0.449 e. The molecule has 0 aliphatic heterocycles. The monoisotopic (exact) mass is 383 g/mol. The van der Waals surface area contributed by atoms with Gasteiger partial charge in [0, 0.05) is 24.0 Å². The minimum atomic E-state index is -1.08. The lowest BCUT2D eigenvalue weighted by Gasteiger charge is -2.14. The number of esters is 1. The highest BCUT2D eigenvalue weighted by Crippen LogP contribution is 2.38. The number of benzene rings is 1. The van der Waals surface area contributed by atoms with Crippen molar-refractivity contribution in [3.8, 4) is 0 Å². The van der Waals surface area contributed by atoms with E-state index in [0.717, 1.165) is 29.8 Å².